The molecular weight excluding hydrogens is 490 g/mol. The molecule has 0 fully saturated rings. The summed E-state index contributed by atoms with van der Waals surface area (Å²) in [4.78, 5) is 27.9. The lowest BCUT2D eigenvalue weighted by molar-refractivity contribution is -0.140. The first kappa shape index (κ1) is 30.2. The Bertz CT molecular complexity index is 1150. The van der Waals surface area contributed by atoms with Crippen LogP contribution >= 0.6 is 0 Å². The van der Waals surface area contributed by atoms with Gasteiger partial charge in [0, 0.05) is 25.6 Å². The molecule has 2 aromatic rings. The molecule has 0 radical (unpaired) electrons. The van der Waals surface area contributed by atoms with E-state index in [1.165, 1.54) is 4.31 Å². The molecule has 0 aliphatic rings. The summed E-state index contributed by atoms with van der Waals surface area (Å²) in [7, 11) is -3.61. The molecule has 0 saturated heterocycles. The van der Waals surface area contributed by atoms with Gasteiger partial charge in [-0.15, -0.1) is 0 Å². The Morgan fingerprint density at radius 1 is 1.05 bits per heavy atom. The number of nitrogens with zero attached hydrogens (tertiary/aromatic N) is 2. The van der Waals surface area contributed by atoms with Crippen molar-refractivity contribution in [2.24, 2.45) is 0 Å². The van der Waals surface area contributed by atoms with Crippen LogP contribution in [0.1, 0.15) is 58.1 Å². The Hall–Kier alpha value is -3.07. The number of aryl methyl sites for hydroxylation is 1. The third-order valence-corrected chi connectivity index (χ3v) is 7.37. The van der Waals surface area contributed by atoms with Crippen molar-refractivity contribution in [2.75, 3.05) is 23.7 Å². The molecule has 1 N–H and O–H groups in total. The van der Waals surface area contributed by atoms with Crippen molar-refractivity contribution in [3.8, 4) is 5.75 Å². The summed E-state index contributed by atoms with van der Waals surface area (Å²) in [6, 6.07) is 14.1. The number of anilines is 1. The van der Waals surface area contributed by atoms with E-state index >= 15 is 0 Å². The number of carbonyl (C=O) groups excluding carboxylic acids is 2. The molecule has 2 aromatic carbocycles. The molecule has 0 aliphatic heterocycles. The van der Waals surface area contributed by atoms with Crippen LogP contribution in [0.2, 0.25) is 0 Å². The van der Waals surface area contributed by atoms with E-state index in [1.807, 2.05) is 52.0 Å². The zero-order chi connectivity index (χ0) is 27.6. The Balaban J connectivity index is 2.21. The monoisotopic (exact) mass is 531 g/mol. The lowest BCUT2D eigenvalue weighted by atomic mass is 10.1. The lowest BCUT2D eigenvalue weighted by Crippen LogP contribution is -2.49. The van der Waals surface area contributed by atoms with E-state index < -0.39 is 16.1 Å². The zero-order valence-electron chi connectivity index (χ0n) is 22.9. The highest BCUT2D eigenvalue weighted by atomic mass is 32.2. The van der Waals surface area contributed by atoms with Crippen LogP contribution < -0.4 is 14.4 Å². The van der Waals surface area contributed by atoms with Crippen LogP contribution in [0.5, 0.6) is 5.75 Å². The maximum atomic E-state index is 13.4. The molecule has 8 nitrogen and oxygen atoms in total. The van der Waals surface area contributed by atoms with Crippen LogP contribution in [-0.2, 0) is 26.2 Å². The Morgan fingerprint density at radius 3 is 2.38 bits per heavy atom. The minimum atomic E-state index is -3.61. The van der Waals surface area contributed by atoms with Crippen LogP contribution in [0.4, 0.5) is 5.69 Å². The number of carbonyl (C=O) groups is 2. The average Bonchev–Trinajstić information content (AvgIpc) is 2.84. The van der Waals surface area contributed by atoms with Crippen molar-refractivity contribution in [1.82, 2.24) is 10.2 Å². The summed E-state index contributed by atoms with van der Waals surface area (Å²) in [5.74, 6) is 0.0526. The quantitative estimate of drug-likeness (QED) is 0.393. The van der Waals surface area contributed by atoms with Gasteiger partial charge < -0.3 is 15.0 Å². The molecule has 0 unspecified atom stereocenters. The number of hydrogen-bond donors (Lipinski definition) is 1. The van der Waals surface area contributed by atoms with E-state index in [0.717, 1.165) is 23.8 Å². The van der Waals surface area contributed by atoms with Crippen LogP contribution in [-0.4, -0.2) is 56.6 Å². The van der Waals surface area contributed by atoms with Crippen LogP contribution in [0.15, 0.2) is 48.5 Å². The van der Waals surface area contributed by atoms with Crippen molar-refractivity contribution >= 4 is 27.5 Å². The van der Waals surface area contributed by atoms with Crippen LogP contribution in [0, 0.1) is 6.92 Å². The molecule has 204 valence electrons. The van der Waals surface area contributed by atoms with Gasteiger partial charge in [0.1, 0.15) is 11.8 Å². The molecule has 2 rings (SSSR count). The maximum absolute atomic E-state index is 13.4. The second-order valence-electron chi connectivity index (χ2n) is 9.34. The van der Waals surface area contributed by atoms with Gasteiger partial charge in [0.05, 0.1) is 18.6 Å². The van der Waals surface area contributed by atoms with Gasteiger partial charge in [-0.3, -0.25) is 13.9 Å². The van der Waals surface area contributed by atoms with Crippen LogP contribution in [0.25, 0.3) is 0 Å². The van der Waals surface area contributed by atoms with Gasteiger partial charge in [-0.2, -0.15) is 0 Å². The molecule has 0 aliphatic carbocycles. The summed E-state index contributed by atoms with van der Waals surface area (Å²) < 4.78 is 32.1. The molecule has 2 atom stereocenters. The van der Waals surface area contributed by atoms with Crippen LogP contribution in [0.3, 0.4) is 0 Å². The molecule has 37 heavy (non-hydrogen) atoms. The maximum Gasteiger partial charge on any atom is 0.242 e. The minimum Gasteiger partial charge on any atom is -0.492 e. The Kier molecular flexibility index (Phi) is 11.4. The standard InChI is InChI=1S/C28H41N3O5S/c1-7-22(4)29-28(33)23(5)30(20-24-14-11-13-21(3)19-24)27(32)17-12-18-31(37(6,34)35)25-15-9-10-16-26(25)36-8-2/h9-11,13-16,19,22-23H,7-8,12,17-18,20H2,1-6H3,(H,29,33)/t22-,23-/m0/s1. The number of benzene rings is 2. The highest BCUT2D eigenvalue weighted by Crippen LogP contribution is 2.30. The average molecular weight is 532 g/mol. The predicted octanol–water partition coefficient (Wildman–Crippen LogP) is 4.27. The third-order valence-electron chi connectivity index (χ3n) is 6.19. The molecule has 9 heteroatoms. The van der Waals surface area contributed by atoms with Gasteiger partial charge in [0.15, 0.2) is 0 Å². The molecule has 2 amide bonds. The fourth-order valence-electron chi connectivity index (χ4n) is 3.98. The van der Waals surface area contributed by atoms with Crippen molar-refractivity contribution < 1.29 is 22.7 Å². The number of hydrogen-bond acceptors (Lipinski definition) is 5. The van der Waals surface area contributed by atoms with Gasteiger partial charge in [-0.1, -0.05) is 48.9 Å². The largest absolute Gasteiger partial charge is 0.492 e. The Morgan fingerprint density at radius 2 is 1.76 bits per heavy atom. The highest BCUT2D eigenvalue weighted by Gasteiger charge is 2.27. The molecule has 0 aromatic heterocycles. The minimum absolute atomic E-state index is 0.000372. The van der Waals surface area contributed by atoms with Crippen molar-refractivity contribution in [3.63, 3.8) is 0 Å². The summed E-state index contributed by atoms with van der Waals surface area (Å²) in [5.41, 5.74) is 2.44. The number of amides is 2. The second kappa shape index (κ2) is 14.0. The van der Waals surface area contributed by atoms with Crippen molar-refractivity contribution in [1.29, 1.82) is 0 Å². The molecule has 0 spiro atoms. The molecule has 0 bridgehead atoms. The molecule has 0 saturated carbocycles. The molecule has 0 heterocycles. The van der Waals surface area contributed by atoms with Gasteiger partial charge in [0.2, 0.25) is 21.8 Å². The summed E-state index contributed by atoms with van der Waals surface area (Å²) >= 11 is 0. The van der Waals surface area contributed by atoms with Gasteiger partial charge in [0.25, 0.3) is 0 Å². The number of sulfonamides is 1. The first-order valence-electron chi connectivity index (χ1n) is 12.8. The number of rotatable bonds is 14. The Labute approximate surface area is 222 Å². The fraction of sp³-hybridized carbons (Fsp3) is 0.500. The first-order valence-corrected chi connectivity index (χ1v) is 14.7. The third kappa shape index (κ3) is 9.07. The predicted molar refractivity (Wildman–Crippen MR) is 148 cm³/mol. The van der Waals surface area contributed by atoms with Crippen molar-refractivity contribution in [2.45, 2.75) is 72.5 Å². The topological polar surface area (TPSA) is 96.0 Å². The molecular formula is C28H41N3O5S. The fourth-order valence-corrected chi connectivity index (χ4v) is 4.95. The van der Waals surface area contributed by atoms with E-state index in [-0.39, 0.29) is 37.2 Å². The normalized spacial score (nSPS) is 12.9. The number of nitrogens with one attached hydrogen (secondary N) is 1. The van der Waals surface area contributed by atoms with E-state index in [0.29, 0.717) is 24.6 Å². The lowest BCUT2D eigenvalue weighted by Gasteiger charge is -2.30. The summed E-state index contributed by atoms with van der Waals surface area (Å²) in [6.45, 7) is 10.3. The van der Waals surface area contributed by atoms with Crippen molar-refractivity contribution in [3.05, 3.63) is 59.7 Å². The van der Waals surface area contributed by atoms with E-state index in [4.69, 9.17) is 4.74 Å². The SMILES string of the molecule is CCOc1ccccc1N(CCCC(=O)N(Cc1cccc(C)c1)[C@@H](C)C(=O)N[C@@H](C)CC)S(C)(=O)=O. The highest BCUT2D eigenvalue weighted by molar-refractivity contribution is 7.92. The second-order valence-corrected chi connectivity index (χ2v) is 11.3. The summed E-state index contributed by atoms with van der Waals surface area (Å²) in [6.07, 6.45) is 2.31. The van der Waals surface area contributed by atoms with E-state index in [1.54, 1.807) is 36.1 Å². The van der Waals surface area contributed by atoms with Gasteiger partial charge >= 0.3 is 0 Å². The smallest absolute Gasteiger partial charge is 0.242 e. The number of para-hydroxylation sites is 2. The van der Waals surface area contributed by atoms with E-state index in [2.05, 4.69) is 5.32 Å². The van der Waals surface area contributed by atoms with Gasteiger partial charge in [-0.05, 0) is 58.2 Å². The first-order chi connectivity index (χ1) is 17.5. The number of ether oxygens (including phenoxy) is 1. The zero-order valence-corrected chi connectivity index (χ0v) is 23.7. The summed E-state index contributed by atoms with van der Waals surface area (Å²) in [5, 5.41) is 2.96. The van der Waals surface area contributed by atoms with Gasteiger partial charge in [-0.25, -0.2) is 8.42 Å². The van der Waals surface area contributed by atoms with E-state index in [9.17, 15) is 18.0 Å².